The van der Waals surface area contributed by atoms with Crippen LogP contribution in [0.5, 0.6) is 0 Å². The highest BCUT2D eigenvalue weighted by molar-refractivity contribution is 9.10. The number of fused-ring (bicyclic) bond motifs is 2. The highest BCUT2D eigenvalue weighted by Gasteiger charge is 2.64. The van der Waals surface area contributed by atoms with E-state index in [0.29, 0.717) is 39.0 Å². The number of halogens is 2. The fraction of sp³-hybridized carbons (Fsp3) is 0.333. The van der Waals surface area contributed by atoms with Crippen molar-refractivity contribution in [1.29, 1.82) is 0 Å². The normalized spacial score (nSPS) is 21.4. The molecule has 0 radical (unpaired) electrons. The zero-order chi connectivity index (χ0) is 28.3. The average Bonchev–Trinajstić information content (AvgIpc) is 3.28. The second-order valence-corrected chi connectivity index (χ2v) is 11.3. The van der Waals surface area contributed by atoms with Gasteiger partial charge in [-0.05, 0) is 59.3 Å². The van der Waals surface area contributed by atoms with E-state index >= 15 is 0 Å². The van der Waals surface area contributed by atoms with Gasteiger partial charge in [-0.2, -0.15) is 5.10 Å². The van der Waals surface area contributed by atoms with Crippen LogP contribution in [-0.4, -0.2) is 64.3 Å². The Labute approximate surface area is 236 Å². The molecule has 1 aliphatic carbocycles. The molecule has 0 spiro atoms. The van der Waals surface area contributed by atoms with Crippen LogP contribution in [0, 0.1) is 18.2 Å². The number of likely N-dealkylation sites (tertiary alicyclic amines) is 1. The van der Waals surface area contributed by atoms with Gasteiger partial charge in [0.2, 0.25) is 11.8 Å². The minimum absolute atomic E-state index is 0.114. The average molecular weight is 607 g/mol. The van der Waals surface area contributed by atoms with E-state index in [1.165, 1.54) is 23.7 Å². The number of nitrogens with one attached hydrogen (secondary N) is 1. The molecule has 2 aliphatic rings. The molecule has 4 aromatic rings. The Morgan fingerprint density at radius 2 is 1.90 bits per heavy atom. The maximum absolute atomic E-state index is 14.3. The molecule has 40 heavy (non-hydrogen) atoms. The van der Waals surface area contributed by atoms with Gasteiger partial charge >= 0.3 is 0 Å². The van der Waals surface area contributed by atoms with Gasteiger partial charge < -0.3 is 10.2 Å². The van der Waals surface area contributed by atoms with Gasteiger partial charge in [0.15, 0.2) is 17.4 Å². The highest BCUT2D eigenvalue weighted by Crippen LogP contribution is 2.59. The van der Waals surface area contributed by atoms with Crippen molar-refractivity contribution in [3.8, 4) is 11.3 Å². The summed E-state index contributed by atoms with van der Waals surface area (Å²) in [4.78, 5) is 57.9. The van der Waals surface area contributed by atoms with Gasteiger partial charge in [0.1, 0.15) is 28.7 Å². The summed E-state index contributed by atoms with van der Waals surface area (Å²) in [6, 6.07) is 3.46. The second kappa shape index (κ2) is 9.51. The smallest absolute Gasteiger partial charge is 0.248 e. The van der Waals surface area contributed by atoms with Crippen molar-refractivity contribution in [2.75, 3.05) is 5.32 Å². The van der Waals surface area contributed by atoms with E-state index in [1.54, 1.807) is 36.5 Å². The molecule has 204 valence electrons. The third-order valence-electron chi connectivity index (χ3n) is 7.61. The number of Topliss-reactive ketones (excluding diaryl/α,β-unsaturated/α-hetero) is 1. The number of aryl methyl sites for hydroxylation is 1. The number of carbonyl (C=O) groups is 3. The third kappa shape index (κ3) is 4.53. The number of pyridine rings is 2. The summed E-state index contributed by atoms with van der Waals surface area (Å²) in [5.41, 5.74) is 1.78. The van der Waals surface area contributed by atoms with Crippen LogP contribution in [0.25, 0.3) is 22.2 Å². The first-order valence-corrected chi connectivity index (χ1v) is 13.4. The Morgan fingerprint density at radius 1 is 1.15 bits per heavy atom. The first-order chi connectivity index (χ1) is 19.0. The van der Waals surface area contributed by atoms with Gasteiger partial charge in [0.25, 0.3) is 0 Å². The largest absolute Gasteiger partial charge is 0.325 e. The number of hydrogen-bond donors (Lipinski definition) is 1. The minimum atomic E-state index is -0.795. The fourth-order valence-electron chi connectivity index (χ4n) is 5.41. The molecule has 11 nitrogen and oxygen atoms in total. The second-order valence-electron chi connectivity index (χ2n) is 10.5. The summed E-state index contributed by atoms with van der Waals surface area (Å²) in [6.07, 6.45) is 6.09. The van der Waals surface area contributed by atoms with Crippen molar-refractivity contribution in [2.45, 2.75) is 52.2 Å². The van der Waals surface area contributed by atoms with Crippen LogP contribution >= 0.6 is 15.9 Å². The number of hydrogen-bond acceptors (Lipinski definition) is 8. The molecule has 6 rings (SSSR count). The van der Waals surface area contributed by atoms with Crippen molar-refractivity contribution >= 4 is 50.2 Å². The lowest BCUT2D eigenvalue weighted by Crippen LogP contribution is -2.47. The number of nitrogens with zero attached hydrogens (tertiary/aromatic N) is 7. The van der Waals surface area contributed by atoms with Crippen LogP contribution in [0.1, 0.15) is 43.0 Å². The molecular formula is C27H24BrFN8O3. The van der Waals surface area contributed by atoms with Gasteiger partial charge in [-0.15, -0.1) is 0 Å². The van der Waals surface area contributed by atoms with E-state index in [4.69, 9.17) is 0 Å². The molecule has 13 heteroatoms. The number of rotatable bonds is 6. The van der Waals surface area contributed by atoms with Crippen molar-refractivity contribution in [3.63, 3.8) is 0 Å². The zero-order valence-corrected chi connectivity index (χ0v) is 23.4. The number of anilines is 1. The number of aromatic nitrogens is 6. The molecule has 4 aromatic heterocycles. The molecular weight excluding hydrogens is 583 g/mol. The van der Waals surface area contributed by atoms with Gasteiger partial charge in [-0.25, -0.2) is 19.3 Å². The third-order valence-corrected chi connectivity index (χ3v) is 8.05. The van der Waals surface area contributed by atoms with Crippen molar-refractivity contribution in [1.82, 2.24) is 34.6 Å². The number of piperidine rings is 1. The maximum Gasteiger partial charge on any atom is 0.248 e. The molecule has 5 heterocycles. The van der Waals surface area contributed by atoms with E-state index in [-0.39, 0.29) is 41.2 Å². The molecule has 1 aliphatic heterocycles. The van der Waals surface area contributed by atoms with Crippen LogP contribution in [0.3, 0.4) is 0 Å². The predicted octanol–water partition coefficient (Wildman–Crippen LogP) is 3.71. The van der Waals surface area contributed by atoms with E-state index in [2.05, 4.69) is 46.3 Å². The van der Waals surface area contributed by atoms with Crippen LogP contribution in [-0.2, 0) is 16.1 Å². The molecule has 2 amide bonds. The van der Waals surface area contributed by atoms with Gasteiger partial charge in [-0.1, -0.05) is 6.92 Å². The molecule has 3 atom stereocenters. The monoisotopic (exact) mass is 606 g/mol. The standard InChI is InChI=1S/C27H24BrFN8O3/c1-13(38)24-16-6-18(15-9-30-14(2)31-10-15)32-11-20(16)36(35-24)12-23(39)37-19(7-27(3)8-21(27)37)26(40)34-25-17(29)4-5-22(28)33-25/h4-6,9-11,19,21H,7-8,12H2,1-3H3,(H,33,34,40)/t19-,21+,27+/m0/s1. The lowest BCUT2D eigenvalue weighted by atomic mass is 10.0. The van der Waals surface area contributed by atoms with Crippen LogP contribution in [0.2, 0.25) is 0 Å². The zero-order valence-electron chi connectivity index (χ0n) is 21.9. The molecule has 1 N–H and O–H groups in total. The molecule has 0 unspecified atom stereocenters. The molecule has 1 saturated heterocycles. The first kappa shape index (κ1) is 26.1. The molecule has 1 saturated carbocycles. The molecule has 2 fully saturated rings. The maximum atomic E-state index is 14.3. The summed E-state index contributed by atoms with van der Waals surface area (Å²) in [6.45, 7) is 5.03. The lowest BCUT2D eigenvalue weighted by molar-refractivity contribution is -0.138. The van der Waals surface area contributed by atoms with Crippen LogP contribution in [0.15, 0.2) is 41.4 Å². The van der Waals surface area contributed by atoms with E-state index in [0.717, 1.165) is 6.42 Å². The van der Waals surface area contributed by atoms with Crippen LogP contribution in [0.4, 0.5) is 10.2 Å². The number of ketones is 1. The first-order valence-electron chi connectivity index (χ1n) is 12.6. The van der Waals surface area contributed by atoms with Gasteiger partial charge in [0.05, 0.1) is 17.4 Å². The Bertz CT molecular complexity index is 1710. The quantitative estimate of drug-likeness (QED) is 0.259. The number of amides is 2. The van der Waals surface area contributed by atoms with Gasteiger partial charge in [-0.3, -0.25) is 24.0 Å². The Hall–Kier alpha value is -4.13. The molecule has 0 bridgehead atoms. The highest BCUT2D eigenvalue weighted by atomic mass is 79.9. The van der Waals surface area contributed by atoms with E-state index in [1.807, 2.05) is 6.92 Å². The van der Waals surface area contributed by atoms with Crippen LogP contribution < -0.4 is 5.32 Å². The topological polar surface area (TPSA) is 136 Å². The predicted molar refractivity (Wildman–Crippen MR) is 146 cm³/mol. The van der Waals surface area contributed by atoms with E-state index in [9.17, 15) is 18.8 Å². The van der Waals surface area contributed by atoms with E-state index < -0.39 is 17.8 Å². The summed E-state index contributed by atoms with van der Waals surface area (Å²) in [5.74, 6) is -1.35. The summed E-state index contributed by atoms with van der Waals surface area (Å²) >= 11 is 3.18. The van der Waals surface area contributed by atoms with Gasteiger partial charge in [0, 0.05) is 36.3 Å². The van der Waals surface area contributed by atoms with Crippen molar-refractivity contribution in [3.05, 3.63) is 58.7 Å². The lowest BCUT2D eigenvalue weighted by Gasteiger charge is -2.27. The van der Waals surface area contributed by atoms with Crippen molar-refractivity contribution in [2.24, 2.45) is 5.41 Å². The summed E-state index contributed by atoms with van der Waals surface area (Å²) < 4.78 is 16.1. The summed E-state index contributed by atoms with van der Waals surface area (Å²) in [5, 5.41) is 7.53. The SMILES string of the molecule is CC(=O)c1nn(CC(=O)N2[C@H](C(=O)Nc3nc(Br)ccc3F)C[C@]3(C)C[C@@H]23)c2cnc(-c3cnc(C)nc3)cc12. The molecule has 0 aromatic carbocycles. The Morgan fingerprint density at radius 3 is 2.62 bits per heavy atom. The number of carbonyl (C=O) groups excluding carboxylic acids is 3. The Kier molecular flexibility index (Phi) is 6.21. The minimum Gasteiger partial charge on any atom is -0.325 e. The fourth-order valence-corrected chi connectivity index (χ4v) is 5.72. The summed E-state index contributed by atoms with van der Waals surface area (Å²) in [7, 11) is 0. The Balaban J connectivity index is 1.29. The van der Waals surface area contributed by atoms with Crippen molar-refractivity contribution < 1.29 is 18.8 Å².